The second kappa shape index (κ2) is 38.4. The van der Waals surface area contributed by atoms with Crippen LogP contribution >= 0.6 is 0 Å². The van der Waals surface area contributed by atoms with Crippen molar-refractivity contribution in [2.45, 2.75) is 187 Å². The zero-order valence-electron chi connectivity index (χ0n) is 31.5. The molecule has 0 aromatic rings. The Bertz CT molecular complexity index is 887. The van der Waals surface area contributed by atoms with Gasteiger partial charge in [-0.3, -0.25) is 9.59 Å². The van der Waals surface area contributed by atoms with Gasteiger partial charge in [0.2, 0.25) is 0 Å². The van der Waals surface area contributed by atoms with Crippen LogP contribution in [0.5, 0.6) is 0 Å². The molecule has 2 N–H and O–H groups in total. The number of carbonyl (C=O) groups is 2. The maximum Gasteiger partial charge on any atom is 0.306 e. The maximum absolute atomic E-state index is 12.1. The first kappa shape index (κ1) is 46.6. The quantitative estimate of drug-likeness (QED) is 0.0298. The smallest absolute Gasteiger partial charge is 0.306 e. The lowest BCUT2D eigenvalue weighted by Gasteiger charge is -2.15. The fraction of sp³-hybridized carbons (Fsp3) is 0.721. The number of ether oxygens (including phenoxy) is 2. The first-order valence-electron chi connectivity index (χ1n) is 20.0. The highest BCUT2D eigenvalue weighted by atomic mass is 16.6. The van der Waals surface area contributed by atoms with E-state index < -0.39 is 12.2 Å². The molecule has 0 radical (unpaired) electrons. The van der Waals surface area contributed by atoms with Gasteiger partial charge in [0.05, 0.1) is 12.7 Å². The van der Waals surface area contributed by atoms with E-state index in [0.717, 1.165) is 44.9 Å². The van der Waals surface area contributed by atoms with Gasteiger partial charge in [-0.1, -0.05) is 177 Å². The number of hydrogen-bond donors (Lipinski definition) is 2. The number of esters is 2. The largest absolute Gasteiger partial charge is 0.462 e. The molecule has 0 bridgehead atoms. The Balaban J connectivity index is 3.68. The molecule has 0 spiro atoms. The topological polar surface area (TPSA) is 93.1 Å². The van der Waals surface area contributed by atoms with Crippen LogP contribution in [0.15, 0.2) is 60.8 Å². The number of aliphatic hydroxyl groups excluding tert-OH is 2. The highest BCUT2D eigenvalue weighted by molar-refractivity contribution is 5.70. The summed E-state index contributed by atoms with van der Waals surface area (Å²) >= 11 is 0. The van der Waals surface area contributed by atoms with Crippen molar-refractivity contribution in [1.29, 1.82) is 0 Å². The summed E-state index contributed by atoms with van der Waals surface area (Å²) in [7, 11) is 0. The van der Waals surface area contributed by atoms with Gasteiger partial charge in [-0.15, -0.1) is 0 Å². The van der Waals surface area contributed by atoms with Crippen LogP contribution in [0.4, 0.5) is 0 Å². The average molecular weight is 687 g/mol. The van der Waals surface area contributed by atoms with Crippen LogP contribution in [0.25, 0.3) is 0 Å². The number of hydrogen-bond acceptors (Lipinski definition) is 6. The Morgan fingerprint density at radius 3 is 1.67 bits per heavy atom. The molecule has 6 nitrogen and oxygen atoms in total. The van der Waals surface area contributed by atoms with Gasteiger partial charge in [0.15, 0.2) is 6.10 Å². The van der Waals surface area contributed by atoms with Crippen LogP contribution in [-0.2, 0) is 19.1 Å². The Labute approximate surface area is 301 Å². The van der Waals surface area contributed by atoms with Crippen molar-refractivity contribution in [3.05, 3.63) is 60.8 Å². The predicted octanol–water partition coefficient (Wildman–Crippen LogP) is 11.4. The number of carbonyl (C=O) groups excluding carboxylic acids is 2. The number of unbranched alkanes of at least 4 members (excludes halogenated alkanes) is 17. The molecule has 2 atom stereocenters. The van der Waals surface area contributed by atoms with Gasteiger partial charge in [-0.05, 0) is 44.9 Å². The molecule has 0 aromatic carbocycles. The number of allylic oxidation sites excluding steroid dienone is 8. The maximum atomic E-state index is 12.1. The Morgan fingerprint density at radius 2 is 1.10 bits per heavy atom. The highest BCUT2D eigenvalue weighted by Gasteiger charge is 2.16. The predicted molar refractivity (Wildman–Crippen MR) is 206 cm³/mol. The lowest BCUT2D eigenvalue weighted by molar-refractivity contribution is -0.161. The average Bonchev–Trinajstić information content (AvgIpc) is 3.10. The molecule has 0 aliphatic heterocycles. The van der Waals surface area contributed by atoms with Gasteiger partial charge in [0.1, 0.15) is 6.61 Å². The van der Waals surface area contributed by atoms with Crippen molar-refractivity contribution in [2.24, 2.45) is 0 Å². The van der Waals surface area contributed by atoms with E-state index in [-0.39, 0.29) is 31.6 Å². The van der Waals surface area contributed by atoms with Crippen LogP contribution < -0.4 is 0 Å². The van der Waals surface area contributed by atoms with Gasteiger partial charge in [0, 0.05) is 12.8 Å². The summed E-state index contributed by atoms with van der Waals surface area (Å²) in [4.78, 5) is 24.2. The van der Waals surface area contributed by atoms with Crippen molar-refractivity contribution < 1.29 is 29.3 Å². The second-order valence-electron chi connectivity index (χ2n) is 13.2. The standard InChI is InChI=1S/C43H74O6/c1-3-5-7-8-9-10-11-12-13-14-15-16-20-23-26-29-32-36-42(46)48-39-41(38-44)49-43(47)37-33-30-27-24-21-18-17-19-22-25-28-31-35-40(45)34-6-4-2/h6,17-18,22,24-25,27-28,31,34,40-41,44-45H,3-5,7-16,19-21,23,26,29-30,32-33,35-39H2,1-2H3/b18-17-,25-22-,27-24-,31-28+,34-6-/t40?,41-/m0/s1. The highest BCUT2D eigenvalue weighted by Crippen LogP contribution is 2.14. The zero-order valence-corrected chi connectivity index (χ0v) is 31.5. The first-order chi connectivity index (χ1) is 24.0. The first-order valence-corrected chi connectivity index (χ1v) is 20.0. The van der Waals surface area contributed by atoms with Crippen molar-refractivity contribution >= 4 is 11.9 Å². The normalized spacial score (nSPS) is 13.5. The second-order valence-corrected chi connectivity index (χ2v) is 13.2. The molecule has 0 saturated carbocycles. The molecule has 0 fully saturated rings. The van der Waals surface area contributed by atoms with Crippen LogP contribution in [-0.4, -0.2) is 47.6 Å². The SMILES string of the molecule is CC/C=C\C(O)C/C=C/C=C\C/C=C\C/C=C\CCCC(=O)O[C@@H](CO)COC(=O)CCCCCCCCCCCCCCCCCCC. The summed E-state index contributed by atoms with van der Waals surface area (Å²) in [6.45, 7) is 3.85. The summed E-state index contributed by atoms with van der Waals surface area (Å²) < 4.78 is 10.5. The van der Waals surface area contributed by atoms with Gasteiger partial charge in [-0.2, -0.15) is 0 Å². The van der Waals surface area contributed by atoms with E-state index in [2.05, 4.69) is 37.3 Å². The minimum Gasteiger partial charge on any atom is -0.462 e. The fourth-order valence-corrected chi connectivity index (χ4v) is 5.37. The van der Waals surface area contributed by atoms with E-state index in [4.69, 9.17) is 9.47 Å². The molecule has 0 saturated heterocycles. The molecule has 0 aromatic heterocycles. The van der Waals surface area contributed by atoms with E-state index in [1.165, 1.54) is 89.9 Å². The molecule has 0 amide bonds. The summed E-state index contributed by atoms with van der Waals surface area (Å²) in [5.41, 5.74) is 0. The van der Waals surface area contributed by atoms with Crippen molar-refractivity contribution in [1.82, 2.24) is 0 Å². The van der Waals surface area contributed by atoms with E-state index in [0.29, 0.717) is 19.3 Å². The van der Waals surface area contributed by atoms with Crippen molar-refractivity contribution in [2.75, 3.05) is 13.2 Å². The lowest BCUT2D eigenvalue weighted by Crippen LogP contribution is -2.28. The summed E-state index contributed by atoms with van der Waals surface area (Å²) in [5, 5.41) is 19.3. The molecule has 282 valence electrons. The molecule has 0 rings (SSSR count). The van der Waals surface area contributed by atoms with E-state index in [1.807, 2.05) is 37.3 Å². The fourth-order valence-electron chi connectivity index (χ4n) is 5.37. The van der Waals surface area contributed by atoms with E-state index >= 15 is 0 Å². The van der Waals surface area contributed by atoms with Crippen LogP contribution in [0.3, 0.4) is 0 Å². The van der Waals surface area contributed by atoms with Crippen LogP contribution in [0.2, 0.25) is 0 Å². The van der Waals surface area contributed by atoms with E-state index in [9.17, 15) is 19.8 Å². The van der Waals surface area contributed by atoms with Crippen LogP contribution in [0, 0.1) is 0 Å². The van der Waals surface area contributed by atoms with Crippen molar-refractivity contribution in [3.63, 3.8) is 0 Å². The summed E-state index contributed by atoms with van der Waals surface area (Å²) in [5.74, 6) is -0.682. The van der Waals surface area contributed by atoms with Crippen LogP contribution in [0.1, 0.15) is 174 Å². The number of rotatable bonds is 35. The number of aliphatic hydroxyl groups is 2. The monoisotopic (exact) mass is 687 g/mol. The molecule has 49 heavy (non-hydrogen) atoms. The van der Waals surface area contributed by atoms with Gasteiger partial charge >= 0.3 is 11.9 Å². The molecule has 0 aliphatic rings. The molecule has 6 heteroatoms. The lowest BCUT2D eigenvalue weighted by atomic mass is 10.0. The zero-order chi connectivity index (χ0) is 35.9. The summed E-state index contributed by atoms with van der Waals surface area (Å²) in [6, 6.07) is 0. The van der Waals surface area contributed by atoms with Gasteiger partial charge < -0.3 is 19.7 Å². The molecular weight excluding hydrogens is 612 g/mol. The minimum absolute atomic E-state index is 0.0997. The Kier molecular flexibility index (Phi) is 36.5. The minimum atomic E-state index is -0.813. The summed E-state index contributed by atoms with van der Waals surface area (Å²) in [6.07, 6.45) is 46.3. The third-order valence-electron chi connectivity index (χ3n) is 8.40. The van der Waals surface area contributed by atoms with Gasteiger partial charge in [-0.25, -0.2) is 0 Å². The molecule has 0 aliphatic carbocycles. The third kappa shape index (κ3) is 36.7. The Hall–Kier alpha value is -2.44. The Morgan fingerprint density at radius 1 is 0.592 bits per heavy atom. The molecular formula is C43H74O6. The molecule has 0 heterocycles. The third-order valence-corrected chi connectivity index (χ3v) is 8.40. The van der Waals surface area contributed by atoms with E-state index in [1.54, 1.807) is 0 Å². The van der Waals surface area contributed by atoms with Gasteiger partial charge in [0.25, 0.3) is 0 Å². The van der Waals surface area contributed by atoms with Crippen molar-refractivity contribution in [3.8, 4) is 0 Å². The molecule has 1 unspecified atom stereocenters.